The maximum atomic E-state index is 12.1. The van der Waals surface area contributed by atoms with Gasteiger partial charge in [-0.3, -0.25) is 9.48 Å². The van der Waals surface area contributed by atoms with Crippen molar-refractivity contribution in [3.8, 4) is 11.3 Å². The van der Waals surface area contributed by atoms with Crippen molar-refractivity contribution < 1.29 is 9.90 Å². The summed E-state index contributed by atoms with van der Waals surface area (Å²) < 4.78 is 1.77. The predicted octanol–water partition coefficient (Wildman–Crippen LogP) is 1.74. The maximum Gasteiger partial charge on any atom is 0.167 e. The van der Waals surface area contributed by atoms with Gasteiger partial charge in [0, 0.05) is 31.8 Å². The van der Waals surface area contributed by atoms with Crippen LogP contribution in [0, 0.1) is 0 Å². The lowest BCUT2D eigenvalue weighted by Crippen LogP contribution is -2.08. The average molecular weight is 285 g/mol. The Bertz CT molecular complexity index is 672. The van der Waals surface area contributed by atoms with Crippen LogP contribution in [0.15, 0.2) is 24.3 Å². The highest BCUT2D eigenvalue weighted by atomic mass is 16.3. The van der Waals surface area contributed by atoms with Gasteiger partial charge in [0.05, 0.1) is 24.4 Å². The molecular weight excluding hydrogens is 266 g/mol. The largest absolute Gasteiger partial charge is 0.394 e. The molecule has 0 fully saturated rings. The van der Waals surface area contributed by atoms with Gasteiger partial charge in [0.15, 0.2) is 5.78 Å². The van der Waals surface area contributed by atoms with Crippen LogP contribution in [-0.2, 0) is 13.0 Å². The molecule has 21 heavy (non-hydrogen) atoms. The number of hydrogen-bond donors (Lipinski definition) is 1. The highest BCUT2D eigenvalue weighted by Crippen LogP contribution is 2.32. The summed E-state index contributed by atoms with van der Waals surface area (Å²) in [4.78, 5) is 14.2. The van der Waals surface area contributed by atoms with Crippen LogP contribution >= 0.6 is 0 Å². The molecular formula is C16H19N3O2. The summed E-state index contributed by atoms with van der Waals surface area (Å²) in [7, 11) is 3.98. The van der Waals surface area contributed by atoms with E-state index in [0.717, 1.165) is 34.6 Å². The third kappa shape index (κ3) is 2.34. The minimum Gasteiger partial charge on any atom is -0.394 e. The van der Waals surface area contributed by atoms with E-state index in [9.17, 15) is 4.79 Å². The fraction of sp³-hybridized carbons (Fsp3) is 0.375. The van der Waals surface area contributed by atoms with E-state index in [-0.39, 0.29) is 12.4 Å². The first-order chi connectivity index (χ1) is 10.1. The number of hydrogen-bond acceptors (Lipinski definition) is 4. The number of aromatic nitrogens is 2. The molecule has 1 aromatic heterocycles. The summed E-state index contributed by atoms with van der Waals surface area (Å²) in [6, 6.07) is 8.03. The SMILES string of the molecule is CN(C)c1ccc(-c2nn(CCO)c3c2C(=O)CC3)cc1. The molecule has 0 atom stereocenters. The third-order valence-corrected chi connectivity index (χ3v) is 3.89. The van der Waals surface area contributed by atoms with Crippen molar-refractivity contribution in [2.75, 3.05) is 25.6 Å². The van der Waals surface area contributed by atoms with E-state index in [1.807, 2.05) is 43.3 Å². The van der Waals surface area contributed by atoms with Gasteiger partial charge in [-0.25, -0.2) is 0 Å². The number of aliphatic hydroxyl groups excluding tert-OH is 1. The number of fused-ring (bicyclic) bond motifs is 1. The first-order valence-electron chi connectivity index (χ1n) is 7.13. The molecule has 0 bridgehead atoms. The van der Waals surface area contributed by atoms with Gasteiger partial charge >= 0.3 is 0 Å². The lowest BCUT2D eigenvalue weighted by Gasteiger charge is -2.12. The van der Waals surface area contributed by atoms with Crippen LogP contribution in [0.4, 0.5) is 5.69 Å². The van der Waals surface area contributed by atoms with Gasteiger partial charge in [-0.2, -0.15) is 5.10 Å². The van der Waals surface area contributed by atoms with Gasteiger partial charge in [0.2, 0.25) is 0 Å². The van der Waals surface area contributed by atoms with E-state index >= 15 is 0 Å². The molecule has 2 aromatic rings. The number of anilines is 1. The number of rotatable bonds is 4. The van der Waals surface area contributed by atoms with Crippen LogP contribution < -0.4 is 4.90 Å². The van der Waals surface area contributed by atoms with Gasteiger partial charge < -0.3 is 10.0 Å². The normalized spacial score (nSPS) is 13.6. The molecule has 1 aliphatic carbocycles. The quantitative estimate of drug-likeness (QED) is 0.929. The van der Waals surface area contributed by atoms with Crippen molar-refractivity contribution in [2.24, 2.45) is 0 Å². The summed E-state index contributed by atoms with van der Waals surface area (Å²) in [5.41, 5.74) is 4.49. The van der Waals surface area contributed by atoms with Gasteiger partial charge in [-0.15, -0.1) is 0 Å². The first-order valence-corrected chi connectivity index (χ1v) is 7.13. The van der Waals surface area contributed by atoms with Gasteiger partial charge in [-0.1, -0.05) is 12.1 Å². The van der Waals surface area contributed by atoms with Crippen molar-refractivity contribution in [2.45, 2.75) is 19.4 Å². The zero-order valence-electron chi connectivity index (χ0n) is 12.3. The second-order valence-electron chi connectivity index (χ2n) is 5.48. The molecule has 0 unspecified atom stereocenters. The molecule has 0 saturated heterocycles. The smallest absolute Gasteiger partial charge is 0.167 e. The Morgan fingerprint density at radius 2 is 1.95 bits per heavy atom. The maximum absolute atomic E-state index is 12.1. The summed E-state index contributed by atoms with van der Waals surface area (Å²) in [6.45, 7) is 0.465. The zero-order chi connectivity index (χ0) is 15.0. The Morgan fingerprint density at radius 3 is 2.57 bits per heavy atom. The van der Waals surface area contributed by atoms with Gasteiger partial charge in [-0.05, 0) is 18.6 Å². The molecule has 0 aliphatic heterocycles. The van der Waals surface area contributed by atoms with E-state index in [0.29, 0.717) is 13.0 Å². The lowest BCUT2D eigenvalue weighted by atomic mass is 10.1. The van der Waals surface area contributed by atoms with Crippen LogP contribution in [-0.4, -0.2) is 41.4 Å². The summed E-state index contributed by atoms with van der Waals surface area (Å²) in [5.74, 6) is 0.154. The number of Topliss-reactive ketones (excluding diaryl/α,β-unsaturated/α-hetero) is 1. The van der Waals surface area contributed by atoms with Crippen molar-refractivity contribution in [1.82, 2.24) is 9.78 Å². The fourth-order valence-electron chi connectivity index (χ4n) is 2.80. The molecule has 3 rings (SSSR count). The van der Waals surface area contributed by atoms with Gasteiger partial charge in [0.25, 0.3) is 0 Å². The molecule has 0 amide bonds. The van der Waals surface area contributed by atoms with Gasteiger partial charge in [0.1, 0.15) is 5.69 Å². The molecule has 110 valence electrons. The number of carbonyl (C=O) groups is 1. The van der Waals surface area contributed by atoms with Crippen molar-refractivity contribution in [3.05, 3.63) is 35.5 Å². The fourth-order valence-corrected chi connectivity index (χ4v) is 2.80. The number of nitrogens with zero attached hydrogens (tertiary/aromatic N) is 3. The van der Waals surface area contributed by atoms with Crippen LogP contribution in [0.2, 0.25) is 0 Å². The molecule has 0 radical (unpaired) electrons. The number of ketones is 1. The number of benzene rings is 1. The summed E-state index contributed by atoms with van der Waals surface area (Å²) in [6.07, 6.45) is 1.26. The Kier molecular flexibility index (Phi) is 3.51. The first kappa shape index (κ1) is 13.8. The van der Waals surface area contributed by atoms with E-state index in [4.69, 9.17) is 5.11 Å². The molecule has 0 saturated carbocycles. The Hall–Kier alpha value is -2.14. The molecule has 1 N–H and O–H groups in total. The third-order valence-electron chi connectivity index (χ3n) is 3.89. The molecule has 5 heteroatoms. The van der Waals surface area contributed by atoms with Crippen LogP contribution in [0.1, 0.15) is 22.5 Å². The minimum atomic E-state index is 0.0291. The highest BCUT2D eigenvalue weighted by molar-refractivity contribution is 6.05. The Labute approximate surface area is 123 Å². The van der Waals surface area contributed by atoms with E-state index in [1.165, 1.54) is 0 Å². The molecule has 5 nitrogen and oxygen atoms in total. The molecule has 0 spiro atoms. The van der Waals surface area contributed by atoms with E-state index < -0.39 is 0 Å². The van der Waals surface area contributed by atoms with Crippen LogP contribution in [0.5, 0.6) is 0 Å². The van der Waals surface area contributed by atoms with Crippen LogP contribution in [0.25, 0.3) is 11.3 Å². The topological polar surface area (TPSA) is 58.4 Å². The lowest BCUT2D eigenvalue weighted by molar-refractivity contribution is 0.0995. The number of carbonyl (C=O) groups excluding carboxylic acids is 1. The monoisotopic (exact) mass is 285 g/mol. The highest BCUT2D eigenvalue weighted by Gasteiger charge is 2.29. The molecule has 1 heterocycles. The standard InChI is InChI=1S/C16H19N3O2/c1-18(2)12-5-3-11(4-6-12)16-15-13(7-8-14(15)21)19(17-16)9-10-20/h3-6,20H,7-10H2,1-2H3. The zero-order valence-corrected chi connectivity index (χ0v) is 12.3. The van der Waals surface area contributed by atoms with E-state index in [2.05, 4.69) is 5.10 Å². The second kappa shape index (κ2) is 5.33. The second-order valence-corrected chi connectivity index (χ2v) is 5.48. The van der Waals surface area contributed by atoms with Crippen molar-refractivity contribution >= 4 is 11.5 Å². The average Bonchev–Trinajstić information content (AvgIpc) is 3.02. The molecule has 1 aromatic carbocycles. The summed E-state index contributed by atoms with van der Waals surface area (Å²) in [5, 5.41) is 13.7. The van der Waals surface area contributed by atoms with Crippen LogP contribution in [0.3, 0.4) is 0 Å². The predicted molar refractivity (Wildman–Crippen MR) is 81.7 cm³/mol. The minimum absolute atomic E-state index is 0.0291. The molecule has 1 aliphatic rings. The van der Waals surface area contributed by atoms with Crippen molar-refractivity contribution in [3.63, 3.8) is 0 Å². The Morgan fingerprint density at radius 1 is 1.24 bits per heavy atom. The Balaban J connectivity index is 2.06. The van der Waals surface area contributed by atoms with E-state index in [1.54, 1.807) is 4.68 Å². The number of aliphatic hydroxyl groups is 1. The summed E-state index contributed by atoms with van der Waals surface area (Å²) >= 11 is 0. The van der Waals surface area contributed by atoms with Crippen molar-refractivity contribution in [1.29, 1.82) is 0 Å².